The molecule has 1 atom stereocenters. The zero-order valence-corrected chi connectivity index (χ0v) is 7.86. The van der Waals surface area contributed by atoms with Crippen LogP contribution in [0.25, 0.3) is 0 Å². The molecule has 78 valence electrons. The molecule has 0 aliphatic carbocycles. The average Bonchev–Trinajstić information content (AvgIpc) is 2.20. The SMILES string of the molecule is COCC(CO)Nc1ncc[nH]c1=O. The fraction of sp³-hybridized carbons (Fsp3) is 0.500. The van der Waals surface area contributed by atoms with Gasteiger partial charge in [-0.25, -0.2) is 4.98 Å². The molecule has 3 N–H and O–H groups in total. The number of H-pyrrole nitrogens is 1. The minimum absolute atomic E-state index is 0.121. The van der Waals surface area contributed by atoms with Gasteiger partial charge in [0, 0.05) is 19.5 Å². The Morgan fingerprint density at radius 2 is 2.57 bits per heavy atom. The van der Waals surface area contributed by atoms with Crippen LogP contribution in [0, 0.1) is 0 Å². The number of aliphatic hydroxyl groups is 1. The van der Waals surface area contributed by atoms with Gasteiger partial charge in [0.2, 0.25) is 0 Å². The van der Waals surface area contributed by atoms with Crippen LogP contribution in [0.2, 0.25) is 0 Å². The van der Waals surface area contributed by atoms with Gasteiger partial charge in [0.05, 0.1) is 19.3 Å². The number of aromatic nitrogens is 2. The second kappa shape index (κ2) is 5.36. The monoisotopic (exact) mass is 199 g/mol. The average molecular weight is 199 g/mol. The van der Waals surface area contributed by atoms with Crippen molar-refractivity contribution in [1.29, 1.82) is 0 Å². The summed E-state index contributed by atoms with van der Waals surface area (Å²) in [4.78, 5) is 17.5. The first-order chi connectivity index (χ1) is 6.77. The lowest BCUT2D eigenvalue weighted by Crippen LogP contribution is -2.32. The van der Waals surface area contributed by atoms with Gasteiger partial charge in [-0.15, -0.1) is 0 Å². The van der Waals surface area contributed by atoms with E-state index in [1.54, 1.807) is 0 Å². The number of nitrogens with zero attached hydrogens (tertiary/aromatic N) is 1. The maximum absolute atomic E-state index is 11.2. The van der Waals surface area contributed by atoms with Gasteiger partial charge in [0.15, 0.2) is 5.82 Å². The van der Waals surface area contributed by atoms with Crippen LogP contribution in [0.5, 0.6) is 0 Å². The topological polar surface area (TPSA) is 87.2 Å². The summed E-state index contributed by atoms with van der Waals surface area (Å²) in [6.07, 6.45) is 2.91. The Morgan fingerprint density at radius 1 is 1.79 bits per heavy atom. The standard InChI is InChI=1S/C8H13N3O3/c1-14-5-6(4-12)11-7-8(13)10-3-2-9-7/h2-3,6,12H,4-5H2,1H3,(H,9,11)(H,10,13). The van der Waals surface area contributed by atoms with Crippen molar-refractivity contribution in [3.05, 3.63) is 22.7 Å². The molecule has 0 aliphatic rings. The Morgan fingerprint density at radius 3 is 3.14 bits per heavy atom. The third kappa shape index (κ3) is 2.82. The molecule has 0 radical (unpaired) electrons. The highest BCUT2D eigenvalue weighted by Crippen LogP contribution is 1.95. The van der Waals surface area contributed by atoms with Crippen molar-refractivity contribution < 1.29 is 9.84 Å². The van der Waals surface area contributed by atoms with Gasteiger partial charge in [-0.1, -0.05) is 0 Å². The van der Waals surface area contributed by atoms with Crippen LogP contribution in [0.15, 0.2) is 17.2 Å². The van der Waals surface area contributed by atoms with E-state index in [4.69, 9.17) is 9.84 Å². The molecule has 1 rings (SSSR count). The van der Waals surface area contributed by atoms with Crippen LogP contribution in [-0.4, -0.2) is 41.4 Å². The van der Waals surface area contributed by atoms with Crippen molar-refractivity contribution in [1.82, 2.24) is 9.97 Å². The summed E-state index contributed by atoms with van der Waals surface area (Å²) in [5.74, 6) is 0.184. The van der Waals surface area contributed by atoms with Gasteiger partial charge in [0.25, 0.3) is 5.56 Å². The number of hydrogen-bond donors (Lipinski definition) is 3. The number of rotatable bonds is 5. The molecule has 0 spiro atoms. The molecule has 0 bridgehead atoms. The molecule has 0 saturated heterocycles. The fourth-order valence-electron chi connectivity index (χ4n) is 0.989. The highest BCUT2D eigenvalue weighted by atomic mass is 16.5. The van der Waals surface area contributed by atoms with E-state index < -0.39 is 0 Å². The Kier molecular flexibility index (Phi) is 4.09. The molecule has 1 aromatic heterocycles. The van der Waals surface area contributed by atoms with Crippen LogP contribution in [0.4, 0.5) is 5.82 Å². The van der Waals surface area contributed by atoms with E-state index in [2.05, 4.69) is 15.3 Å². The van der Waals surface area contributed by atoms with Gasteiger partial charge < -0.3 is 20.1 Å². The van der Waals surface area contributed by atoms with Crippen molar-refractivity contribution in [3.8, 4) is 0 Å². The van der Waals surface area contributed by atoms with Crippen LogP contribution in [0.1, 0.15) is 0 Å². The Balaban J connectivity index is 2.67. The highest BCUT2D eigenvalue weighted by molar-refractivity contribution is 5.31. The molecule has 0 aliphatic heterocycles. The van der Waals surface area contributed by atoms with E-state index >= 15 is 0 Å². The number of anilines is 1. The first kappa shape index (κ1) is 10.7. The molecular formula is C8H13N3O3. The molecule has 1 heterocycles. The van der Waals surface area contributed by atoms with Crippen LogP contribution in [-0.2, 0) is 4.74 Å². The van der Waals surface area contributed by atoms with E-state index in [-0.39, 0.29) is 24.0 Å². The minimum Gasteiger partial charge on any atom is -0.394 e. The third-order valence-corrected chi connectivity index (χ3v) is 1.64. The molecule has 0 fully saturated rings. The number of ether oxygens (including phenoxy) is 1. The van der Waals surface area contributed by atoms with E-state index in [9.17, 15) is 4.79 Å². The fourth-order valence-corrected chi connectivity index (χ4v) is 0.989. The second-order valence-corrected chi connectivity index (χ2v) is 2.75. The Bertz CT molecular complexity index is 326. The zero-order chi connectivity index (χ0) is 10.4. The summed E-state index contributed by atoms with van der Waals surface area (Å²) < 4.78 is 4.84. The second-order valence-electron chi connectivity index (χ2n) is 2.75. The predicted octanol–water partition coefficient (Wildman–Crippen LogP) is -0.811. The smallest absolute Gasteiger partial charge is 0.290 e. The largest absolute Gasteiger partial charge is 0.394 e. The lowest BCUT2D eigenvalue weighted by molar-refractivity contribution is 0.153. The van der Waals surface area contributed by atoms with E-state index in [0.717, 1.165) is 0 Å². The maximum Gasteiger partial charge on any atom is 0.290 e. The Hall–Kier alpha value is -1.40. The lowest BCUT2D eigenvalue weighted by Gasteiger charge is -2.14. The summed E-state index contributed by atoms with van der Waals surface area (Å²) in [5.41, 5.74) is -0.318. The number of methoxy groups -OCH3 is 1. The molecule has 1 unspecified atom stereocenters. The summed E-state index contributed by atoms with van der Waals surface area (Å²) in [5, 5.41) is 11.7. The molecule has 0 aromatic carbocycles. The maximum atomic E-state index is 11.2. The number of nitrogens with one attached hydrogen (secondary N) is 2. The molecule has 6 heteroatoms. The third-order valence-electron chi connectivity index (χ3n) is 1.64. The lowest BCUT2D eigenvalue weighted by atomic mass is 10.3. The highest BCUT2D eigenvalue weighted by Gasteiger charge is 2.08. The summed E-state index contributed by atoms with van der Waals surface area (Å²) in [7, 11) is 1.52. The molecule has 0 saturated carbocycles. The van der Waals surface area contributed by atoms with Crippen molar-refractivity contribution in [2.75, 3.05) is 25.6 Å². The van der Waals surface area contributed by atoms with Gasteiger partial charge in [-0.2, -0.15) is 0 Å². The van der Waals surface area contributed by atoms with Gasteiger partial charge in [0.1, 0.15) is 0 Å². The summed E-state index contributed by atoms with van der Waals surface area (Å²) in [6, 6.07) is -0.323. The number of hydrogen-bond acceptors (Lipinski definition) is 5. The van der Waals surface area contributed by atoms with E-state index in [1.807, 2.05) is 0 Å². The minimum atomic E-state index is -0.323. The number of aromatic amines is 1. The molecule has 6 nitrogen and oxygen atoms in total. The normalized spacial score (nSPS) is 12.4. The summed E-state index contributed by atoms with van der Waals surface area (Å²) in [6.45, 7) is 0.191. The van der Waals surface area contributed by atoms with Gasteiger partial charge in [-0.05, 0) is 0 Å². The zero-order valence-electron chi connectivity index (χ0n) is 7.86. The molecular weight excluding hydrogens is 186 g/mol. The first-order valence-electron chi connectivity index (χ1n) is 4.18. The quantitative estimate of drug-likeness (QED) is 0.577. The van der Waals surface area contributed by atoms with Gasteiger partial charge >= 0.3 is 0 Å². The van der Waals surface area contributed by atoms with Crippen LogP contribution in [0.3, 0.4) is 0 Å². The first-order valence-corrected chi connectivity index (χ1v) is 4.18. The molecule has 1 aromatic rings. The molecule has 14 heavy (non-hydrogen) atoms. The van der Waals surface area contributed by atoms with Crippen LogP contribution >= 0.6 is 0 Å². The van der Waals surface area contributed by atoms with Crippen molar-refractivity contribution >= 4 is 5.82 Å². The number of aliphatic hydroxyl groups excluding tert-OH is 1. The van der Waals surface area contributed by atoms with Crippen molar-refractivity contribution in [3.63, 3.8) is 0 Å². The molecule has 0 amide bonds. The van der Waals surface area contributed by atoms with Crippen molar-refractivity contribution in [2.45, 2.75) is 6.04 Å². The van der Waals surface area contributed by atoms with E-state index in [1.165, 1.54) is 19.5 Å². The summed E-state index contributed by atoms with van der Waals surface area (Å²) >= 11 is 0. The Labute approximate surface area is 80.9 Å². The predicted molar refractivity (Wildman–Crippen MR) is 51.2 cm³/mol. The van der Waals surface area contributed by atoms with Crippen molar-refractivity contribution in [2.24, 2.45) is 0 Å². The van der Waals surface area contributed by atoms with Crippen LogP contribution < -0.4 is 10.9 Å². The van der Waals surface area contributed by atoms with E-state index in [0.29, 0.717) is 6.61 Å². The van der Waals surface area contributed by atoms with Gasteiger partial charge in [-0.3, -0.25) is 4.79 Å².